The first-order chi connectivity index (χ1) is 6.04. The van der Waals surface area contributed by atoms with Gasteiger partial charge < -0.3 is 0 Å². The normalized spacial score (nSPS) is 14.7. The zero-order valence-corrected chi connectivity index (χ0v) is 7.71. The number of imide groups is 1. The molecule has 68 valence electrons. The summed E-state index contributed by atoms with van der Waals surface area (Å²) >= 11 is 0. The summed E-state index contributed by atoms with van der Waals surface area (Å²) in [6.07, 6.45) is 0. The molecule has 0 fully saturated rings. The predicted octanol–water partition coefficient (Wildman–Crippen LogP) is 0.240. The molecule has 2 rings (SSSR count). The predicted molar refractivity (Wildman–Crippen MR) is 43.6 cm³/mol. The topological polar surface area (TPSA) is 55.0 Å². The lowest BCUT2D eigenvalue weighted by Gasteiger charge is -1.88. The van der Waals surface area contributed by atoms with Crippen LogP contribution in [0, 0.1) is 20.8 Å². The third-order valence-electron chi connectivity index (χ3n) is 2.52. The van der Waals surface area contributed by atoms with Gasteiger partial charge in [-0.05, 0) is 13.8 Å². The Labute approximate surface area is 74.9 Å². The minimum Gasteiger partial charge on any atom is -0.216 e. The van der Waals surface area contributed by atoms with E-state index in [1.54, 1.807) is 0 Å². The van der Waals surface area contributed by atoms with Crippen LogP contribution in [0.25, 0.3) is 0 Å². The van der Waals surface area contributed by atoms with Gasteiger partial charge in [-0.2, -0.15) is 4.79 Å². The molecular weight excluding hydrogens is 170 g/mol. The lowest BCUT2D eigenvalue weighted by molar-refractivity contribution is -0.646. The first-order valence-electron chi connectivity index (χ1n) is 4.00. The molecule has 0 unspecified atom stereocenters. The van der Waals surface area contributed by atoms with Crippen LogP contribution < -0.4 is 10.00 Å². The molecule has 1 aromatic heterocycles. The van der Waals surface area contributed by atoms with Crippen molar-refractivity contribution in [3.63, 3.8) is 0 Å². The molecule has 2 heterocycles. The van der Waals surface area contributed by atoms with Crippen molar-refractivity contribution in [1.29, 1.82) is 0 Å². The maximum atomic E-state index is 11.3. The van der Waals surface area contributed by atoms with E-state index in [9.17, 15) is 9.59 Å². The van der Waals surface area contributed by atoms with Crippen LogP contribution in [0.2, 0.25) is 0 Å². The summed E-state index contributed by atoms with van der Waals surface area (Å²) in [4.78, 5) is 22.5. The lowest BCUT2D eigenvalue weighted by atomic mass is 10.2. The Morgan fingerprint density at radius 3 is 2.38 bits per heavy atom. The standard InChI is InChI=1S/C8H9N3O2/c1-4-5(2)10-7(12)9-8(13)11(10)6(4)3/h1-3H3/p+1. The van der Waals surface area contributed by atoms with Gasteiger partial charge in [0.1, 0.15) is 5.69 Å². The Balaban J connectivity index is 2.83. The molecule has 2 amide bonds. The van der Waals surface area contributed by atoms with Gasteiger partial charge >= 0.3 is 12.1 Å². The third kappa shape index (κ3) is 0.783. The first kappa shape index (κ1) is 7.97. The molecule has 5 heteroatoms. The second kappa shape index (κ2) is 2.18. The molecule has 1 aromatic rings. The summed E-state index contributed by atoms with van der Waals surface area (Å²) in [5, 5.41) is 2.22. The summed E-state index contributed by atoms with van der Waals surface area (Å²) in [5.74, 6) is 0. The molecule has 0 aliphatic carbocycles. The highest BCUT2D eigenvalue weighted by molar-refractivity contribution is 5.94. The summed E-state index contributed by atoms with van der Waals surface area (Å²) < 4.78 is 2.71. The van der Waals surface area contributed by atoms with Crippen molar-refractivity contribution in [2.75, 3.05) is 0 Å². The lowest BCUT2D eigenvalue weighted by Crippen LogP contribution is -2.48. The molecule has 0 radical (unpaired) electrons. The van der Waals surface area contributed by atoms with E-state index in [4.69, 9.17) is 0 Å². The summed E-state index contributed by atoms with van der Waals surface area (Å²) in [6.45, 7) is 5.53. The number of carbonyl (C=O) groups excluding carboxylic acids is 2. The highest BCUT2D eigenvalue weighted by Gasteiger charge is 2.39. The van der Waals surface area contributed by atoms with Gasteiger partial charge in [0.25, 0.3) is 0 Å². The first-order valence-corrected chi connectivity index (χ1v) is 4.00. The second-order valence-electron chi connectivity index (χ2n) is 3.15. The Morgan fingerprint density at radius 2 is 1.85 bits per heavy atom. The van der Waals surface area contributed by atoms with Crippen LogP contribution in [0.5, 0.6) is 0 Å². The molecule has 0 saturated heterocycles. The van der Waals surface area contributed by atoms with E-state index in [2.05, 4.69) is 5.32 Å². The van der Waals surface area contributed by atoms with Gasteiger partial charge in [-0.15, -0.1) is 10.00 Å². The number of hydrogen-bond acceptors (Lipinski definition) is 2. The minimum absolute atomic E-state index is 0.376. The van der Waals surface area contributed by atoms with Crippen LogP contribution in [-0.2, 0) is 0 Å². The van der Waals surface area contributed by atoms with Crippen molar-refractivity contribution < 1.29 is 14.3 Å². The van der Waals surface area contributed by atoms with Crippen molar-refractivity contribution in [3.05, 3.63) is 17.0 Å². The number of nitrogens with zero attached hydrogens (tertiary/aromatic N) is 2. The Kier molecular flexibility index (Phi) is 1.34. The van der Waals surface area contributed by atoms with E-state index in [1.165, 1.54) is 9.36 Å². The fraction of sp³-hybridized carbons (Fsp3) is 0.375. The molecular formula is C8H10N3O2+. The van der Waals surface area contributed by atoms with Crippen LogP contribution in [0.3, 0.4) is 0 Å². The quantitative estimate of drug-likeness (QED) is 0.581. The molecule has 0 saturated carbocycles. The van der Waals surface area contributed by atoms with Crippen molar-refractivity contribution in [1.82, 2.24) is 10.00 Å². The van der Waals surface area contributed by atoms with Crippen LogP contribution >= 0.6 is 0 Å². The van der Waals surface area contributed by atoms with E-state index in [0.29, 0.717) is 0 Å². The van der Waals surface area contributed by atoms with Crippen LogP contribution in [0.4, 0.5) is 9.59 Å². The SMILES string of the molecule is Cc1c(C)n2[n+](c1C)C(=O)NC2=O. The van der Waals surface area contributed by atoms with E-state index < -0.39 is 0 Å². The van der Waals surface area contributed by atoms with Gasteiger partial charge in [-0.1, -0.05) is 4.68 Å². The van der Waals surface area contributed by atoms with Gasteiger partial charge in [0.15, 0.2) is 0 Å². The van der Waals surface area contributed by atoms with E-state index in [0.717, 1.165) is 17.0 Å². The molecule has 13 heavy (non-hydrogen) atoms. The fourth-order valence-electron chi connectivity index (χ4n) is 1.56. The van der Waals surface area contributed by atoms with Crippen molar-refractivity contribution in [2.24, 2.45) is 0 Å². The number of fused-ring (bicyclic) bond motifs is 1. The van der Waals surface area contributed by atoms with Crippen LogP contribution in [0.15, 0.2) is 0 Å². The van der Waals surface area contributed by atoms with Crippen LogP contribution in [-0.4, -0.2) is 16.7 Å². The van der Waals surface area contributed by atoms with E-state index >= 15 is 0 Å². The van der Waals surface area contributed by atoms with Crippen LogP contribution in [0.1, 0.15) is 17.0 Å². The molecule has 1 aliphatic rings. The summed E-state index contributed by atoms with van der Waals surface area (Å²) in [5.41, 5.74) is 2.59. The molecule has 0 spiro atoms. The van der Waals surface area contributed by atoms with Crippen molar-refractivity contribution >= 4 is 12.1 Å². The fourth-order valence-corrected chi connectivity index (χ4v) is 1.56. The number of carbonyl (C=O) groups is 2. The highest BCUT2D eigenvalue weighted by atomic mass is 16.2. The van der Waals surface area contributed by atoms with Gasteiger partial charge in [-0.25, -0.2) is 4.79 Å². The number of rotatable bonds is 0. The van der Waals surface area contributed by atoms with Crippen molar-refractivity contribution in [3.8, 4) is 0 Å². The number of aromatic nitrogens is 2. The maximum Gasteiger partial charge on any atom is 0.524 e. The molecule has 1 N–H and O–H groups in total. The maximum absolute atomic E-state index is 11.3. The van der Waals surface area contributed by atoms with Gasteiger partial charge in [0.05, 0.1) is 5.69 Å². The van der Waals surface area contributed by atoms with Gasteiger partial charge in [0.2, 0.25) is 0 Å². The average molecular weight is 180 g/mol. The second-order valence-corrected chi connectivity index (χ2v) is 3.15. The smallest absolute Gasteiger partial charge is 0.216 e. The van der Waals surface area contributed by atoms with E-state index in [1.807, 2.05) is 20.8 Å². The average Bonchev–Trinajstić information content (AvgIpc) is 2.47. The zero-order chi connectivity index (χ0) is 9.75. The summed E-state index contributed by atoms with van der Waals surface area (Å²) in [6, 6.07) is -0.752. The number of hydrogen-bond donors (Lipinski definition) is 1. The monoisotopic (exact) mass is 180 g/mol. The Hall–Kier alpha value is -1.65. The molecule has 0 bridgehead atoms. The van der Waals surface area contributed by atoms with Gasteiger partial charge in [0, 0.05) is 12.5 Å². The van der Waals surface area contributed by atoms with Crippen molar-refractivity contribution in [2.45, 2.75) is 20.8 Å². The molecule has 0 atom stereocenters. The van der Waals surface area contributed by atoms with E-state index in [-0.39, 0.29) is 12.1 Å². The Morgan fingerprint density at radius 1 is 1.23 bits per heavy atom. The Bertz CT molecular complexity index is 394. The van der Waals surface area contributed by atoms with Gasteiger partial charge in [-0.3, -0.25) is 0 Å². The third-order valence-corrected chi connectivity index (χ3v) is 2.52. The summed E-state index contributed by atoms with van der Waals surface area (Å²) in [7, 11) is 0. The number of amides is 2. The zero-order valence-electron chi connectivity index (χ0n) is 7.71. The minimum atomic E-state index is -0.376. The number of nitrogens with one attached hydrogen (secondary N) is 1. The largest absolute Gasteiger partial charge is 0.524 e. The molecule has 0 aromatic carbocycles. The molecule has 5 nitrogen and oxygen atoms in total. The highest BCUT2D eigenvalue weighted by Crippen LogP contribution is 2.10. The molecule has 1 aliphatic heterocycles.